The van der Waals surface area contributed by atoms with Crippen LogP contribution in [-0.4, -0.2) is 62.7 Å². The number of amides is 1. The number of rotatable bonds is 5. The SMILES string of the molecule is CN(C)S(=O)(=O)N(CC(N)=O)C1CCNCC1. The quantitative estimate of drug-likeness (QED) is 0.621. The molecule has 0 atom stereocenters. The van der Waals surface area contributed by atoms with Gasteiger partial charge in [0, 0.05) is 20.1 Å². The van der Waals surface area contributed by atoms with Crippen LogP contribution in [-0.2, 0) is 15.0 Å². The van der Waals surface area contributed by atoms with E-state index >= 15 is 0 Å². The number of hydrogen-bond acceptors (Lipinski definition) is 4. The summed E-state index contributed by atoms with van der Waals surface area (Å²) in [5.74, 6) is -0.631. The van der Waals surface area contributed by atoms with Crippen LogP contribution in [0.5, 0.6) is 0 Å². The normalized spacial score (nSPS) is 18.8. The number of nitrogens with two attached hydrogens (primary N) is 1. The zero-order valence-corrected chi connectivity index (χ0v) is 11.0. The number of primary amides is 1. The van der Waals surface area contributed by atoms with E-state index < -0.39 is 16.1 Å². The maximum atomic E-state index is 12.1. The van der Waals surface area contributed by atoms with Crippen LogP contribution in [0.3, 0.4) is 0 Å². The van der Waals surface area contributed by atoms with Gasteiger partial charge in [0.15, 0.2) is 0 Å². The number of carbonyl (C=O) groups is 1. The van der Waals surface area contributed by atoms with Crippen molar-refractivity contribution in [2.24, 2.45) is 5.73 Å². The first-order valence-electron chi connectivity index (χ1n) is 5.54. The minimum Gasteiger partial charge on any atom is -0.369 e. The zero-order chi connectivity index (χ0) is 13.1. The minimum absolute atomic E-state index is 0.156. The van der Waals surface area contributed by atoms with E-state index in [0.29, 0.717) is 12.8 Å². The van der Waals surface area contributed by atoms with Gasteiger partial charge in [-0.1, -0.05) is 0 Å². The first-order chi connectivity index (χ1) is 7.85. The lowest BCUT2D eigenvalue weighted by Crippen LogP contribution is -2.52. The van der Waals surface area contributed by atoms with Crippen molar-refractivity contribution in [2.75, 3.05) is 33.7 Å². The van der Waals surface area contributed by atoms with Gasteiger partial charge in [-0.3, -0.25) is 4.79 Å². The van der Waals surface area contributed by atoms with Crippen LogP contribution < -0.4 is 11.1 Å². The van der Waals surface area contributed by atoms with Crippen LogP contribution >= 0.6 is 0 Å². The average molecular weight is 264 g/mol. The van der Waals surface area contributed by atoms with Crippen molar-refractivity contribution < 1.29 is 13.2 Å². The van der Waals surface area contributed by atoms with Gasteiger partial charge >= 0.3 is 0 Å². The van der Waals surface area contributed by atoms with Crippen molar-refractivity contribution in [1.29, 1.82) is 0 Å². The number of carbonyl (C=O) groups excluding carboxylic acids is 1. The molecule has 0 unspecified atom stereocenters. The summed E-state index contributed by atoms with van der Waals surface area (Å²) < 4.78 is 26.5. The molecule has 1 fully saturated rings. The van der Waals surface area contributed by atoms with Crippen molar-refractivity contribution in [3.63, 3.8) is 0 Å². The monoisotopic (exact) mass is 264 g/mol. The Labute approximate surface area is 102 Å². The maximum Gasteiger partial charge on any atom is 0.282 e. The Hall–Kier alpha value is -0.700. The summed E-state index contributed by atoms with van der Waals surface area (Å²) >= 11 is 0. The molecule has 3 N–H and O–H groups in total. The van der Waals surface area contributed by atoms with E-state index in [4.69, 9.17) is 5.73 Å². The molecule has 1 heterocycles. The van der Waals surface area contributed by atoms with Crippen LogP contribution in [0.4, 0.5) is 0 Å². The van der Waals surface area contributed by atoms with E-state index in [1.807, 2.05) is 0 Å². The lowest BCUT2D eigenvalue weighted by molar-refractivity contribution is -0.118. The molecule has 8 heteroatoms. The predicted molar refractivity (Wildman–Crippen MR) is 64.4 cm³/mol. The molecule has 1 amide bonds. The Balaban J connectivity index is 2.90. The van der Waals surface area contributed by atoms with E-state index in [-0.39, 0.29) is 12.6 Å². The third kappa shape index (κ3) is 3.63. The van der Waals surface area contributed by atoms with Crippen molar-refractivity contribution in [1.82, 2.24) is 13.9 Å². The van der Waals surface area contributed by atoms with E-state index in [1.54, 1.807) is 0 Å². The molecule has 1 rings (SSSR count). The van der Waals surface area contributed by atoms with Gasteiger partial charge in [-0.05, 0) is 25.9 Å². The zero-order valence-electron chi connectivity index (χ0n) is 10.2. The topological polar surface area (TPSA) is 95.7 Å². The van der Waals surface area contributed by atoms with Crippen molar-refractivity contribution in [3.05, 3.63) is 0 Å². The molecule has 0 spiro atoms. The van der Waals surface area contributed by atoms with E-state index in [2.05, 4.69) is 5.32 Å². The second-order valence-electron chi connectivity index (χ2n) is 4.28. The molecule has 100 valence electrons. The fourth-order valence-electron chi connectivity index (χ4n) is 1.86. The molecule has 0 aromatic heterocycles. The van der Waals surface area contributed by atoms with E-state index in [9.17, 15) is 13.2 Å². The molecule has 0 aromatic carbocycles. The number of hydrogen-bond donors (Lipinski definition) is 2. The molecular formula is C9H20N4O3S. The highest BCUT2D eigenvalue weighted by Crippen LogP contribution is 2.17. The summed E-state index contributed by atoms with van der Waals surface area (Å²) in [4.78, 5) is 11.0. The van der Waals surface area contributed by atoms with Crippen molar-refractivity contribution >= 4 is 16.1 Å². The molecule has 0 aliphatic carbocycles. The lowest BCUT2D eigenvalue weighted by atomic mass is 10.1. The van der Waals surface area contributed by atoms with Crippen molar-refractivity contribution in [3.8, 4) is 0 Å². The highest BCUT2D eigenvalue weighted by atomic mass is 32.2. The average Bonchev–Trinajstić information content (AvgIpc) is 2.26. The molecule has 17 heavy (non-hydrogen) atoms. The Morgan fingerprint density at radius 2 is 1.88 bits per heavy atom. The van der Waals surface area contributed by atoms with Gasteiger partial charge in [0.1, 0.15) is 0 Å². The summed E-state index contributed by atoms with van der Waals surface area (Å²) in [6.07, 6.45) is 1.39. The van der Waals surface area contributed by atoms with Gasteiger partial charge in [-0.2, -0.15) is 17.0 Å². The second kappa shape index (κ2) is 5.76. The standard InChI is InChI=1S/C9H20N4O3S/c1-12(2)17(15,16)13(7-9(10)14)8-3-5-11-6-4-8/h8,11H,3-7H2,1-2H3,(H2,10,14). The third-order valence-electron chi connectivity index (χ3n) is 2.79. The fraction of sp³-hybridized carbons (Fsp3) is 0.889. The van der Waals surface area contributed by atoms with Gasteiger partial charge in [0.2, 0.25) is 5.91 Å². The molecule has 0 saturated carbocycles. The molecular weight excluding hydrogens is 244 g/mol. The largest absolute Gasteiger partial charge is 0.369 e. The molecule has 0 bridgehead atoms. The molecule has 1 aliphatic rings. The highest BCUT2D eigenvalue weighted by molar-refractivity contribution is 7.86. The Morgan fingerprint density at radius 1 is 1.35 bits per heavy atom. The summed E-state index contributed by atoms with van der Waals surface area (Å²) in [6, 6.07) is -0.156. The third-order valence-corrected chi connectivity index (χ3v) is 4.73. The Morgan fingerprint density at radius 3 is 2.29 bits per heavy atom. The van der Waals surface area contributed by atoms with E-state index in [0.717, 1.165) is 17.4 Å². The second-order valence-corrected chi connectivity index (χ2v) is 6.38. The smallest absolute Gasteiger partial charge is 0.282 e. The molecule has 7 nitrogen and oxygen atoms in total. The van der Waals surface area contributed by atoms with Gasteiger partial charge in [-0.25, -0.2) is 0 Å². The van der Waals surface area contributed by atoms with Crippen LogP contribution in [0, 0.1) is 0 Å². The first kappa shape index (κ1) is 14.4. The predicted octanol–water partition coefficient (Wildman–Crippen LogP) is -1.67. The molecule has 1 aliphatic heterocycles. The van der Waals surface area contributed by atoms with Crippen LogP contribution in [0.1, 0.15) is 12.8 Å². The summed E-state index contributed by atoms with van der Waals surface area (Å²) in [5, 5.41) is 3.15. The van der Waals surface area contributed by atoms with E-state index in [1.165, 1.54) is 18.4 Å². The number of nitrogens with one attached hydrogen (secondary N) is 1. The number of nitrogens with zero attached hydrogens (tertiary/aromatic N) is 2. The molecule has 0 aromatic rings. The summed E-state index contributed by atoms with van der Waals surface area (Å²) in [7, 11) is -0.698. The Bertz CT molecular complexity index is 362. The molecule has 0 radical (unpaired) electrons. The molecule has 1 saturated heterocycles. The van der Waals surface area contributed by atoms with Gasteiger partial charge < -0.3 is 11.1 Å². The maximum absolute atomic E-state index is 12.1. The lowest BCUT2D eigenvalue weighted by Gasteiger charge is -2.34. The van der Waals surface area contributed by atoms with Crippen molar-refractivity contribution in [2.45, 2.75) is 18.9 Å². The fourth-order valence-corrected chi connectivity index (χ4v) is 3.15. The van der Waals surface area contributed by atoms with Gasteiger partial charge in [0.25, 0.3) is 10.2 Å². The van der Waals surface area contributed by atoms with Crippen LogP contribution in [0.15, 0.2) is 0 Å². The minimum atomic E-state index is -3.60. The van der Waals surface area contributed by atoms with Gasteiger partial charge in [-0.15, -0.1) is 0 Å². The summed E-state index contributed by atoms with van der Waals surface area (Å²) in [5.41, 5.74) is 5.12. The van der Waals surface area contributed by atoms with Crippen LogP contribution in [0.2, 0.25) is 0 Å². The Kier molecular flexibility index (Phi) is 4.87. The first-order valence-corrected chi connectivity index (χ1v) is 6.93. The highest BCUT2D eigenvalue weighted by Gasteiger charge is 2.33. The summed E-state index contributed by atoms with van der Waals surface area (Å²) in [6.45, 7) is 1.25. The van der Waals surface area contributed by atoms with Gasteiger partial charge in [0.05, 0.1) is 6.54 Å². The number of piperidine rings is 1. The van der Waals surface area contributed by atoms with Crippen LogP contribution in [0.25, 0.3) is 0 Å².